The molecule has 0 aliphatic heterocycles. The zero-order valence-corrected chi connectivity index (χ0v) is 13.4. The van der Waals surface area contributed by atoms with Crippen molar-refractivity contribution in [3.63, 3.8) is 0 Å². The molecule has 1 fully saturated rings. The van der Waals surface area contributed by atoms with Crippen LogP contribution in [-0.2, 0) is 20.4 Å². The molecule has 23 heavy (non-hydrogen) atoms. The van der Waals surface area contributed by atoms with Crippen molar-refractivity contribution in [3.05, 3.63) is 47.4 Å². The maximum Gasteiger partial charge on any atom is 0.176 e. The summed E-state index contributed by atoms with van der Waals surface area (Å²) in [6, 6.07) is 6.73. The largest absolute Gasteiger partial charge is 0.497 e. The molecule has 5 heteroatoms. The van der Waals surface area contributed by atoms with Gasteiger partial charge in [0, 0.05) is 22.8 Å². The second kappa shape index (κ2) is 5.27. The van der Waals surface area contributed by atoms with Crippen LogP contribution >= 0.6 is 0 Å². The van der Waals surface area contributed by atoms with E-state index in [1.807, 2.05) is 6.08 Å². The fourth-order valence-corrected chi connectivity index (χ4v) is 5.18. The topological polar surface area (TPSA) is 60.4 Å². The molecule has 0 spiro atoms. The van der Waals surface area contributed by atoms with Gasteiger partial charge in [0.1, 0.15) is 5.75 Å². The first kappa shape index (κ1) is 14.6. The Morgan fingerprint density at radius 1 is 1.04 bits per heavy atom. The third-order valence-corrected chi connectivity index (χ3v) is 6.50. The van der Waals surface area contributed by atoms with Gasteiger partial charge in [0.25, 0.3) is 0 Å². The number of hydrogen-bond acceptors (Lipinski definition) is 4. The average Bonchev–Trinajstić information content (AvgIpc) is 3.19. The first-order valence-corrected chi connectivity index (χ1v) is 8.79. The highest BCUT2D eigenvalue weighted by atomic mass is 32.2. The van der Waals surface area contributed by atoms with E-state index in [9.17, 15) is 13.8 Å². The van der Waals surface area contributed by atoms with Gasteiger partial charge >= 0.3 is 0 Å². The summed E-state index contributed by atoms with van der Waals surface area (Å²) >= 11 is 0. The molecule has 0 radical (unpaired) electrons. The number of ether oxygens (including phenoxy) is 1. The lowest BCUT2D eigenvalue weighted by molar-refractivity contribution is -0.129. The lowest BCUT2D eigenvalue weighted by Crippen LogP contribution is -2.38. The molecule has 1 saturated carbocycles. The van der Waals surface area contributed by atoms with Crippen LogP contribution in [0, 0.1) is 23.7 Å². The molecule has 1 aromatic rings. The zero-order chi connectivity index (χ0) is 16.1. The van der Waals surface area contributed by atoms with Crippen molar-refractivity contribution in [3.8, 4) is 5.75 Å². The summed E-state index contributed by atoms with van der Waals surface area (Å²) in [6.45, 7) is 0. The van der Waals surface area contributed by atoms with Crippen molar-refractivity contribution in [1.82, 2.24) is 0 Å². The molecule has 1 aromatic carbocycles. The number of benzene rings is 1. The molecule has 1 unspecified atom stereocenters. The van der Waals surface area contributed by atoms with Crippen LogP contribution in [0.25, 0.3) is 0 Å². The number of fused-ring (bicyclic) bond motifs is 5. The Labute approximate surface area is 136 Å². The maximum atomic E-state index is 12.8. The maximum absolute atomic E-state index is 12.8. The molecular formula is C18H16O4S. The van der Waals surface area contributed by atoms with Crippen LogP contribution in [0.15, 0.2) is 52.3 Å². The molecule has 4 rings (SSSR count). The number of allylic oxidation sites excluding steroid dienone is 4. The minimum atomic E-state index is -1.63. The Kier molecular flexibility index (Phi) is 3.34. The summed E-state index contributed by atoms with van der Waals surface area (Å²) < 4.78 is 17.8. The molecule has 4 nitrogen and oxygen atoms in total. The Morgan fingerprint density at radius 3 is 2.35 bits per heavy atom. The van der Waals surface area contributed by atoms with E-state index in [4.69, 9.17) is 4.74 Å². The van der Waals surface area contributed by atoms with Crippen molar-refractivity contribution in [1.29, 1.82) is 0 Å². The molecule has 5 atom stereocenters. The molecule has 0 aromatic heterocycles. The normalized spacial score (nSPS) is 32.7. The highest BCUT2D eigenvalue weighted by molar-refractivity contribution is 7.90. The van der Waals surface area contributed by atoms with Crippen LogP contribution in [0.1, 0.15) is 6.42 Å². The number of ketones is 2. The molecule has 0 saturated heterocycles. The van der Waals surface area contributed by atoms with E-state index < -0.39 is 10.8 Å². The van der Waals surface area contributed by atoms with E-state index >= 15 is 0 Å². The lowest BCUT2D eigenvalue weighted by atomic mass is 9.75. The number of methoxy groups -OCH3 is 1. The average molecular weight is 328 g/mol. The van der Waals surface area contributed by atoms with Crippen LogP contribution in [0.3, 0.4) is 0 Å². The van der Waals surface area contributed by atoms with Gasteiger partial charge in [-0.1, -0.05) is 12.2 Å². The highest BCUT2D eigenvalue weighted by Gasteiger charge is 2.54. The third kappa shape index (κ3) is 2.14. The van der Waals surface area contributed by atoms with Crippen molar-refractivity contribution in [2.75, 3.05) is 7.11 Å². The summed E-state index contributed by atoms with van der Waals surface area (Å²) in [5, 5.41) is 0. The van der Waals surface area contributed by atoms with E-state index in [1.165, 1.54) is 6.08 Å². The first-order valence-electron chi connectivity index (χ1n) is 7.64. The van der Waals surface area contributed by atoms with Crippen LogP contribution in [0.4, 0.5) is 0 Å². The fourth-order valence-electron chi connectivity index (χ4n) is 4.00. The zero-order valence-electron chi connectivity index (χ0n) is 12.6. The first-order chi connectivity index (χ1) is 11.1. The molecular weight excluding hydrogens is 312 g/mol. The number of carbonyl (C=O) groups excluding carboxylic acids is 2. The predicted molar refractivity (Wildman–Crippen MR) is 85.2 cm³/mol. The molecule has 2 bridgehead atoms. The molecule has 3 aliphatic rings. The van der Waals surface area contributed by atoms with Gasteiger partial charge in [0.2, 0.25) is 0 Å². The van der Waals surface area contributed by atoms with Gasteiger partial charge < -0.3 is 4.74 Å². The number of carbonyl (C=O) groups is 2. The van der Waals surface area contributed by atoms with Gasteiger partial charge in [-0.15, -0.1) is 0 Å². The summed E-state index contributed by atoms with van der Waals surface area (Å²) in [7, 11) is -0.0752. The second-order valence-corrected chi connectivity index (χ2v) is 7.67. The van der Waals surface area contributed by atoms with Gasteiger partial charge in [0.15, 0.2) is 11.6 Å². The van der Waals surface area contributed by atoms with Crippen LogP contribution in [-0.4, -0.2) is 22.9 Å². The summed E-state index contributed by atoms with van der Waals surface area (Å²) in [5.41, 5.74) is 0. The van der Waals surface area contributed by atoms with Crippen molar-refractivity contribution in [2.45, 2.75) is 11.3 Å². The van der Waals surface area contributed by atoms with Crippen molar-refractivity contribution >= 4 is 22.4 Å². The van der Waals surface area contributed by atoms with Crippen molar-refractivity contribution in [2.24, 2.45) is 23.7 Å². The summed E-state index contributed by atoms with van der Waals surface area (Å²) in [4.78, 5) is 25.9. The quantitative estimate of drug-likeness (QED) is 0.799. The van der Waals surface area contributed by atoms with E-state index in [2.05, 4.69) is 6.08 Å². The molecule has 118 valence electrons. The standard InChI is InChI=1S/C18H16O4S/c1-22-12-4-6-13(7-5-12)23(21)15-9-14(19)16-10-2-3-11(8-10)17(16)18(15)20/h2-7,9-11,16-17H,8H2,1H3/t10-,11+,16+,17+,23?/m0/s1. The van der Waals surface area contributed by atoms with E-state index in [0.29, 0.717) is 10.6 Å². The number of hydrogen-bond donors (Lipinski definition) is 0. The molecule has 0 amide bonds. The van der Waals surface area contributed by atoms with E-state index in [0.717, 1.165) is 6.42 Å². The van der Waals surface area contributed by atoms with Gasteiger partial charge in [0.05, 0.1) is 22.8 Å². The highest BCUT2D eigenvalue weighted by Crippen LogP contribution is 2.51. The Morgan fingerprint density at radius 2 is 1.70 bits per heavy atom. The minimum Gasteiger partial charge on any atom is -0.497 e. The second-order valence-electron chi connectivity index (χ2n) is 6.22. The van der Waals surface area contributed by atoms with Crippen LogP contribution in [0.2, 0.25) is 0 Å². The van der Waals surface area contributed by atoms with Gasteiger partial charge in [-0.05, 0) is 42.5 Å². The Balaban J connectivity index is 1.67. The van der Waals surface area contributed by atoms with Gasteiger partial charge in [-0.3, -0.25) is 9.59 Å². The third-order valence-electron chi connectivity index (χ3n) is 5.08. The monoisotopic (exact) mass is 328 g/mol. The van der Waals surface area contributed by atoms with Crippen LogP contribution < -0.4 is 4.74 Å². The summed E-state index contributed by atoms with van der Waals surface area (Å²) in [5.74, 6) is 0.216. The minimum absolute atomic E-state index is 0.0525. The predicted octanol–water partition coefficient (Wildman–Crippen LogP) is 2.28. The smallest absolute Gasteiger partial charge is 0.176 e. The molecule has 0 N–H and O–H groups in total. The Hall–Kier alpha value is -2.01. The fraction of sp³-hybridized carbons (Fsp3) is 0.333. The van der Waals surface area contributed by atoms with Gasteiger partial charge in [-0.2, -0.15) is 0 Å². The Bertz CT molecular complexity index is 775. The molecule has 0 heterocycles. The molecule has 3 aliphatic carbocycles. The van der Waals surface area contributed by atoms with E-state index in [-0.39, 0.29) is 40.1 Å². The van der Waals surface area contributed by atoms with Crippen molar-refractivity contribution < 1.29 is 18.5 Å². The SMILES string of the molecule is COc1ccc(S(=O)C2=CC(=O)[C@@H]3[C@H](C2=O)[C@@H]2C=C[C@H]3C2)cc1. The number of rotatable bonds is 3. The van der Waals surface area contributed by atoms with Crippen LogP contribution in [0.5, 0.6) is 5.75 Å². The lowest BCUT2D eigenvalue weighted by Gasteiger charge is -2.29. The summed E-state index contributed by atoms with van der Waals surface area (Å²) in [6.07, 6.45) is 6.27. The van der Waals surface area contributed by atoms with E-state index in [1.54, 1.807) is 31.4 Å². The number of Topliss-reactive ketones (excluding diaryl/α,β-unsaturated/α-hetero) is 1. The van der Waals surface area contributed by atoms with Gasteiger partial charge in [-0.25, -0.2) is 4.21 Å².